The molecule has 6 nitrogen and oxygen atoms in total. The number of benzene rings is 1. The third-order valence-electron chi connectivity index (χ3n) is 3.15. The van der Waals surface area contributed by atoms with Crippen molar-refractivity contribution in [1.29, 1.82) is 0 Å². The Morgan fingerprint density at radius 2 is 1.90 bits per heavy atom. The van der Waals surface area contributed by atoms with Gasteiger partial charge in [0.15, 0.2) is 0 Å². The summed E-state index contributed by atoms with van der Waals surface area (Å²) < 4.78 is 0. The third kappa shape index (κ3) is 5.43. The zero-order valence-corrected chi connectivity index (χ0v) is 13.1. The Hall–Kier alpha value is -2.08. The van der Waals surface area contributed by atoms with Crippen LogP contribution in [0.4, 0.5) is 11.4 Å². The van der Waals surface area contributed by atoms with Gasteiger partial charge in [0.05, 0.1) is 24.5 Å². The van der Waals surface area contributed by atoms with Crippen LogP contribution in [0.15, 0.2) is 18.2 Å². The highest BCUT2D eigenvalue weighted by atomic mass is 16.2. The van der Waals surface area contributed by atoms with Crippen LogP contribution in [0.2, 0.25) is 0 Å². The van der Waals surface area contributed by atoms with E-state index in [9.17, 15) is 9.59 Å². The summed E-state index contributed by atoms with van der Waals surface area (Å²) >= 11 is 0. The number of rotatable bonds is 6. The predicted octanol–water partition coefficient (Wildman–Crippen LogP) is 0.926. The normalized spacial score (nSPS) is 10.5. The van der Waals surface area contributed by atoms with Gasteiger partial charge in [-0.3, -0.25) is 14.5 Å². The Morgan fingerprint density at radius 3 is 2.43 bits per heavy atom. The molecule has 0 aliphatic carbocycles. The van der Waals surface area contributed by atoms with Crippen molar-refractivity contribution in [3.05, 3.63) is 23.8 Å². The molecule has 1 rings (SSSR count). The number of anilines is 2. The van der Waals surface area contributed by atoms with Crippen molar-refractivity contribution in [2.45, 2.75) is 13.8 Å². The molecule has 0 bridgehead atoms. The van der Waals surface area contributed by atoms with Crippen molar-refractivity contribution >= 4 is 23.2 Å². The molecule has 1 aromatic rings. The fourth-order valence-electron chi connectivity index (χ4n) is 1.80. The zero-order chi connectivity index (χ0) is 16.0. The summed E-state index contributed by atoms with van der Waals surface area (Å²) in [6, 6.07) is 5.48. The van der Waals surface area contributed by atoms with Crippen molar-refractivity contribution in [3.63, 3.8) is 0 Å². The number of hydrogen-bond donors (Lipinski definition) is 2. The van der Waals surface area contributed by atoms with Crippen molar-refractivity contribution in [2.24, 2.45) is 0 Å². The molecular formula is C15H24N4O2. The number of hydrogen-bond acceptors (Lipinski definition) is 4. The molecule has 0 unspecified atom stereocenters. The lowest BCUT2D eigenvalue weighted by atomic mass is 10.2. The lowest BCUT2D eigenvalue weighted by Gasteiger charge is -2.21. The molecule has 21 heavy (non-hydrogen) atoms. The number of nitrogens with zero attached hydrogens (tertiary/aromatic N) is 2. The Bertz CT molecular complexity index is 514. The van der Waals surface area contributed by atoms with Crippen LogP contribution < -0.4 is 11.1 Å². The lowest BCUT2D eigenvalue weighted by molar-refractivity contribution is -0.130. The van der Waals surface area contributed by atoms with Gasteiger partial charge in [0.1, 0.15) is 0 Å². The number of nitrogens with one attached hydrogen (secondary N) is 1. The first-order valence-corrected chi connectivity index (χ1v) is 6.92. The van der Waals surface area contributed by atoms with E-state index in [0.29, 0.717) is 17.9 Å². The third-order valence-corrected chi connectivity index (χ3v) is 3.15. The molecule has 0 aliphatic rings. The molecule has 0 aliphatic heterocycles. The van der Waals surface area contributed by atoms with Crippen LogP contribution >= 0.6 is 0 Å². The maximum atomic E-state index is 12.0. The van der Waals surface area contributed by atoms with E-state index in [4.69, 9.17) is 5.73 Å². The molecule has 0 atom stereocenters. The largest absolute Gasteiger partial charge is 0.397 e. The molecule has 2 amide bonds. The first-order valence-electron chi connectivity index (χ1n) is 6.92. The number of carbonyl (C=O) groups excluding carboxylic acids is 2. The molecule has 0 spiro atoms. The first kappa shape index (κ1) is 17.0. The average molecular weight is 292 g/mol. The smallest absolute Gasteiger partial charge is 0.238 e. The van der Waals surface area contributed by atoms with Gasteiger partial charge in [-0.15, -0.1) is 0 Å². The van der Waals surface area contributed by atoms with E-state index in [1.807, 2.05) is 26.0 Å². The SMILES string of the molecule is CCN(CC(=O)Nc1ccc(C)cc1N)CC(=O)N(C)C. The van der Waals surface area contributed by atoms with E-state index in [1.165, 1.54) is 4.90 Å². The second-order valence-electron chi connectivity index (χ2n) is 5.23. The topological polar surface area (TPSA) is 78.7 Å². The quantitative estimate of drug-likeness (QED) is 0.764. The number of carbonyl (C=O) groups is 2. The summed E-state index contributed by atoms with van der Waals surface area (Å²) in [6.07, 6.45) is 0. The van der Waals surface area contributed by atoms with E-state index < -0.39 is 0 Å². The van der Waals surface area contributed by atoms with Gasteiger partial charge in [-0.05, 0) is 31.2 Å². The number of nitrogen functional groups attached to an aromatic ring is 1. The minimum Gasteiger partial charge on any atom is -0.397 e. The molecule has 0 fully saturated rings. The Balaban J connectivity index is 2.60. The van der Waals surface area contributed by atoms with Crippen molar-refractivity contribution in [3.8, 4) is 0 Å². The summed E-state index contributed by atoms with van der Waals surface area (Å²) in [7, 11) is 3.40. The van der Waals surface area contributed by atoms with E-state index in [0.717, 1.165) is 5.56 Å². The molecule has 1 aromatic carbocycles. The standard InChI is InChI=1S/C15H24N4O2/c1-5-19(10-15(21)18(3)4)9-14(20)17-13-7-6-11(2)8-12(13)16/h6-8H,5,9-10,16H2,1-4H3,(H,17,20). The number of nitrogens with two attached hydrogens (primary N) is 1. The summed E-state index contributed by atoms with van der Waals surface area (Å²) in [6.45, 7) is 4.85. The average Bonchev–Trinajstić information content (AvgIpc) is 2.40. The van der Waals surface area contributed by atoms with Crippen LogP contribution in [0, 0.1) is 6.92 Å². The molecule has 116 valence electrons. The van der Waals surface area contributed by atoms with Gasteiger partial charge < -0.3 is 16.0 Å². The van der Waals surface area contributed by atoms with Crippen LogP contribution in [-0.2, 0) is 9.59 Å². The Labute approximate surface area is 125 Å². The fraction of sp³-hybridized carbons (Fsp3) is 0.467. The minimum atomic E-state index is -0.182. The molecular weight excluding hydrogens is 268 g/mol. The van der Waals surface area contributed by atoms with E-state index in [-0.39, 0.29) is 24.9 Å². The molecule has 0 aromatic heterocycles. The highest BCUT2D eigenvalue weighted by Gasteiger charge is 2.14. The highest BCUT2D eigenvalue weighted by molar-refractivity contribution is 5.95. The minimum absolute atomic E-state index is 0.0282. The number of likely N-dealkylation sites (N-methyl/N-ethyl adjacent to an activating group) is 2. The van der Waals surface area contributed by atoms with Gasteiger partial charge in [0.25, 0.3) is 0 Å². The second-order valence-corrected chi connectivity index (χ2v) is 5.23. The van der Waals surface area contributed by atoms with Crippen molar-refractivity contribution in [1.82, 2.24) is 9.80 Å². The summed E-state index contributed by atoms with van der Waals surface area (Å²) in [5.74, 6) is -0.210. The van der Waals surface area contributed by atoms with Gasteiger partial charge in [-0.2, -0.15) is 0 Å². The molecule has 0 saturated carbocycles. The molecule has 3 N–H and O–H groups in total. The summed E-state index contributed by atoms with van der Waals surface area (Å²) in [5.41, 5.74) is 8.04. The monoisotopic (exact) mass is 292 g/mol. The van der Waals surface area contributed by atoms with E-state index >= 15 is 0 Å². The van der Waals surface area contributed by atoms with Crippen LogP contribution in [0.25, 0.3) is 0 Å². The van der Waals surface area contributed by atoms with Gasteiger partial charge in [-0.25, -0.2) is 0 Å². The van der Waals surface area contributed by atoms with E-state index in [2.05, 4.69) is 5.32 Å². The zero-order valence-electron chi connectivity index (χ0n) is 13.1. The summed E-state index contributed by atoms with van der Waals surface area (Å²) in [4.78, 5) is 27.0. The molecule has 0 saturated heterocycles. The van der Waals surface area contributed by atoms with Crippen LogP contribution in [0.5, 0.6) is 0 Å². The lowest BCUT2D eigenvalue weighted by Crippen LogP contribution is -2.40. The van der Waals surface area contributed by atoms with Gasteiger partial charge >= 0.3 is 0 Å². The van der Waals surface area contributed by atoms with E-state index in [1.54, 1.807) is 25.1 Å². The fourth-order valence-corrected chi connectivity index (χ4v) is 1.80. The predicted molar refractivity (Wildman–Crippen MR) is 85.0 cm³/mol. The second kappa shape index (κ2) is 7.64. The highest BCUT2D eigenvalue weighted by Crippen LogP contribution is 2.19. The van der Waals surface area contributed by atoms with Gasteiger partial charge in [0, 0.05) is 14.1 Å². The first-order chi connectivity index (χ1) is 9.83. The maximum Gasteiger partial charge on any atom is 0.238 e. The Morgan fingerprint density at radius 1 is 1.24 bits per heavy atom. The molecule has 0 heterocycles. The van der Waals surface area contributed by atoms with Crippen molar-refractivity contribution in [2.75, 3.05) is 44.8 Å². The molecule has 6 heteroatoms. The van der Waals surface area contributed by atoms with Gasteiger partial charge in [0.2, 0.25) is 11.8 Å². The number of aryl methyl sites for hydroxylation is 1. The molecule has 0 radical (unpaired) electrons. The van der Waals surface area contributed by atoms with Crippen LogP contribution in [0.1, 0.15) is 12.5 Å². The van der Waals surface area contributed by atoms with Crippen molar-refractivity contribution < 1.29 is 9.59 Å². The summed E-state index contributed by atoms with van der Waals surface area (Å²) in [5, 5.41) is 2.77. The van der Waals surface area contributed by atoms with Crippen LogP contribution in [0.3, 0.4) is 0 Å². The van der Waals surface area contributed by atoms with Crippen LogP contribution in [-0.4, -0.2) is 55.3 Å². The number of amides is 2. The van der Waals surface area contributed by atoms with Gasteiger partial charge in [-0.1, -0.05) is 13.0 Å². The Kier molecular flexibility index (Phi) is 6.17. The maximum absolute atomic E-state index is 12.0.